The number of carbonyl (C=O) groups is 2. The fourth-order valence-corrected chi connectivity index (χ4v) is 2.37. The predicted molar refractivity (Wildman–Crippen MR) is 64.5 cm³/mol. The van der Waals surface area contributed by atoms with Crippen LogP contribution in [-0.4, -0.2) is 21.8 Å². The molecule has 0 atom stereocenters. The van der Waals surface area contributed by atoms with Gasteiger partial charge in [-0.3, -0.25) is 4.79 Å². The second-order valence-electron chi connectivity index (χ2n) is 3.56. The quantitative estimate of drug-likeness (QED) is 0.866. The zero-order chi connectivity index (χ0) is 13.3. The van der Waals surface area contributed by atoms with Gasteiger partial charge in [-0.1, -0.05) is 12.1 Å². The van der Waals surface area contributed by atoms with E-state index in [-0.39, 0.29) is 16.5 Å². The topological polar surface area (TPSA) is 67.3 Å². The number of halogens is 1. The van der Waals surface area contributed by atoms with Gasteiger partial charge in [-0.25, -0.2) is 14.2 Å². The first-order valence-electron chi connectivity index (χ1n) is 5.00. The summed E-state index contributed by atoms with van der Waals surface area (Å²) < 4.78 is 12.8. The molecule has 4 nitrogen and oxygen atoms in total. The lowest BCUT2D eigenvalue weighted by Gasteiger charge is -1.98. The molecule has 0 unspecified atom stereocenters. The van der Waals surface area contributed by atoms with Gasteiger partial charge in [-0.15, -0.1) is 11.3 Å². The van der Waals surface area contributed by atoms with Crippen LogP contribution in [-0.2, 0) is 0 Å². The summed E-state index contributed by atoms with van der Waals surface area (Å²) in [7, 11) is 0. The molecule has 0 radical (unpaired) electrons. The summed E-state index contributed by atoms with van der Waals surface area (Å²) >= 11 is 0.991. The van der Waals surface area contributed by atoms with Gasteiger partial charge in [-0.05, 0) is 17.7 Å². The van der Waals surface area contributed by atoms with E-state index in [1.165, 1.54) is 31.2 Å². The fraction of sp³-hybridized carbons (Fsp3) is 0.0833. The van der Waals surface area contributed by atoms with Crippen molar-refractivity contribution in [2.45, 2.75) is 6.92 Å². The van der Waals surface area contributed by atoms with Crippen LogP contribution in [0.2, 0.25) is 0 Å². The number of ketones is 1. The molecule has 1 aromatic heterocycles. The molecule has 1 N–H and O–H groups in total. The first-order chi connectivity index (χ1) is 8.49. The van der Waals surface area contributed by atoms with E-state index in [1.54, 1.807) is 0 Å². The second-order valence-corrected chi connectivity index (χ2v) is 4.56. The molecule has 0 aliphatic carbocycles. The number of nitrogens with zero attached hydrogens (tertiary/aromatic N) is 1. The number of benzene rings is 1. The van der Waals surface area contributed by atoms with Crippen molar-refractivity contribution in [2.75, 3.05) is 0 Å². The van der Waals surface area contributed by atoms with Crippen molar-refractivity contribution >= 4 is 23.1 Å². The summed E-state index contributed by atoms with van der Waals surface area (Å²) in [5.74, 6) is -1.92. The summed E-state index contributed by atoms with van der Waals surface area (Å²) in [4.78, 5) is 26.4. The molecule has 92 valence electrons. The molecule has 0 saturated heterocycles. The summed E-state index contributed by atoms with van der Waals surface area (Å²) in [5.41, 5.74) is 0.343. The van der Waals surface area contributed by atoms with Crippen molar-refractivity contribution in [3.05, 3.63) is 40.8 Å². The van der Waals surface area contributed by atoms with Crippen LogP contribution in [0.15, 0.2) is 24.3 Å². The third-order valence-electron chi connectivity index (χ3n) is 2.24. The van der Waals surface area contributed by atoms with E-state index >= 15 is 0 Å². The van der Waals surface area contributed by atoms with Gasteiger partial charge in [0.2, 0.25) is 0 Å². The lowest BCUT2D eigenvalue weighted by molar-refractivity contribution is 0.0692. The molecule has 0 spiro atoms. The Kier molecular flexibility index (Phi) is 3.20. The minimum atomic E-state index is -1.21. The van der Waals surface area contributed by atoms with Gasteiger partial charge in [0.25, 0.3) is 0 Å². The highest BCUT2D eigenvalue weighted by Gasteiger charge is 2.20. The number of carbonyl (C=O) groups excluding carboxylic acids is 1. The number of carboxylic acids is 1. The normalized spacial score (nSPS) is 10.3. The number of hydrogen-bond acceptors (Lipinski definition) is 4. The average Bonchev–Trinajstić information content (AvgIpc) is 2.75. The molecule has 2 rings (SSSR count). The van der Waals surface area contributed by atoms with Crippen LogP contribution in [0, 0.1) is 5.82 Å². The number of hydrogen-bond donors (Lipinski definition) is 1. The van der Waals surface area contributed by atoms with E-state index in [0.717, 1.165) is 11.3 Å². The Balaban J connectivity index is 2.58. The SMILES string of the molecule is CC(=O)c1nc(C(=O)O)c(-c2ccc(F)cc2)s1. The molecular formula is C12H8FNO3S. The van der Waals surface area contributed by atoms with Gasteiger partial charge in [0.15, 0.2) is 16.5 Å². The van der Waals surface area contributed by atoms with Crippen LogP contribution in [0.5, 0.6) is 0 Å². The number of Topliss-reactive ketones (excluding diaryl/α,β-unsaturated/α-hetero) is 1. The molecule has 0 bridgehead atoms. The molecule has 0 fully saturated rings. The second kappa shape index (κ2) is 4.66. The smallest absolute Gasteiger partial charge is 0.356 e. The minimum Gasteiger partial charge on any atom is -0.476 e. The average molecular weight is 265 g/mol. The van der Waals surface area contributed by atoms with Gasteiger partial charge in [0.1, 0.15) is 5.82 Å². The highest BCUT2D eigenvalue weighted by Crippen LogP contribution is 2.30. The standard InChI is InChI=1S/C12H8FNO3S/c1-6(15)11-14-9(12(16)17)10(18-11)7-2-4-8(13)5-3-7/h2-5H,1H3,(H,16,17). The Labute approximate surface area is 106 Å². The van der Waals surface area contributed by atoms with E-state index in [0.29, 0.717) is 10.4 Å². The number of carboxylic acid groups (broad SMARTS) is 1. The van der Waals surface area contributed by atoms with Crippen molar-refractivity contribution in [1.29, 1.82) is 0 Å². The van der Waals surface area contributed by atoms with E-state index in [1.807, 2.05) is 0 Å². The molecule has 18 heavy (non-hydrogen) atoms. The molecular weight excluding hydrogens is 257 g/mol. The van der Waals surface area contributed by atoms with Crippen LogP contribution in [0.25, 0.3) is 10.4 Å². The van der Waals surface area contributed by atoms with Gasteiger partial charge in [0.05, 0.1) is 4.88 Å². The maximum absolute atomic E-state index is 12.8. The molecule has 2 aromatic rings. The highest BCUT2D eigenvalue weighted by molar-refractivity contribution is 7.17. The third kappa shape index (κ3) is 2.28. The number of aromatic carboxylic acids is 1. The first kappa shape index (κ1) is 12.4. The zero-order valence-electron chi connectivity index (χ0n) is 9.31. The van der Waals surface area contributed by atoms with Crippen molar-refractivity contribution in [3.8, 4) is 10.4 Å². The monoisotopic (exact) mass is 265 g/mol. The Morgan fingerprint density at radius 2 is 1.89 bits per heavy atom. The van der Waals surface area contributed by atoms with Crippen LogP contribution < -0.4 is 0 Å². The predicted octanol–water partition coefficient (Wildman–Crippen LogP) is 2.85. The van der Waals surface area contributed by atoms with Crippen molar-refractivity contribution in [2.24, 2.45) is 0 Å². The lowest BCUT2D eigenvalue weighted by Crippen LogP contribution is -2.00. The molecule has 6 heteroatoms. The third-order valence-corrected chi connectivity index (χ3v) is 3.44. The molecule has 1 heterocycles. The maximum atomic E-state index is 12.8. The van der Waals surface area contributed by atoms with Crippen molar-refractivity contribution in [3.63, 3.8) is 0 Å². The Morgan fingerprint density at radius 3 is 2.39 bits per heavy atom. The van der Waals surface area contributed by atoms with Gasteiger partial charge in [-0.2, -0.15) is 0 Å². The molecule has 0 saturated carbocycles. The Morgan fingerprint density at radius 1 is 1.28 bits per heavy atom. The number of rotatable bonds is 3. The lowest BCUT2D eigenvalue weighted by atomic mass is 10.1. The zero-order valence-corrected chi connectivity index (χ0v) is 10.1. The van der Waals surface area contributed by atoms with E-state index in [4.69, 9.17) is 5.11 Å². The molecule has 1 aromatic carbocycles. The van der Waals surface area contributed by atoms with Crippen LogP contribution in [0.4, 0.5) is 4.39 Å². The summed E-state index contributed by atoms with van der Waals surface area (Å²) in [6, 6.07) is 5.38. The van der Waals surface area contributed by atoms with E-state index in [2.05, 4.69) is 4.98 Å². The number of thiazole rings is 1. The van der Waals surface area contributed by atoms with E-state index in [9.17, 15) is 14.0 Å². The number of aromatic nitrogens is 1. The van der Waals surface area contributed by atoms with Crippen LogP contribution in [0.3, 0.4) is 0 Å². The van der Waals surface area contributed by atoms with Crippen LogP contribution in [0.1, 0.15) is 27.2 Å². The molecule has 0 amide bonds. The first-order valence-corrected chi connectivity index (χ1v) is 5.81. The minimum absolute atomic E-state index is 0.131. The van der Waals surface area contributed by atoms with Crippen LogP contribution >= 0.6 is 11.3 Å². The summed E-state index contributed by atoms with van der Waals surface area (Å²) in [6.07, 6.45) is 0. The largest absolute Gasteiger partial charge is 0.476 e. The van der Waals surface area contributed by atoms with Gasteiger partial charge < -0.3 is 5.11 Å². The van der Waals surface area contributed by atoms with Gasteiger partial charge in [0, 0.05) is 6.92 Å². The Hall–Kier alpha value is -2.08. The Bertz CT molecular complexity index is 619. The van der Waals surface area contributed by atoms with Crippen molar-refractivity contribution < 1.29 is 19.1 Å². The summed E-state index contributed by atoms with van der Waals surface area (Å²) in [6.45, 7) is 1.32. The fourth-order valence-electron chi connectivity index (χ4n) is 1.41. The summed E-state index contributed by atoms with van der Waals surface area (Å²) in [5, 5.41) is 9.17. The molecule has 0 aliphatic rings. The molecule has 0 aliphatic heterocycles. The van der Waals surface area contributed by atoms with Gasteiger partial charge >= 0.3 is 5.97 Å². The maximum Gasteiger partial charge on any atom is 0.356 e. The highest BCUT2D eigenvalue weighted by atomic mass is 32.1. The van der Waals surface area contributed by atoms with Crippen molar-refractivity contribution in [1.82, 2.24) is 4.98 Å². The van der Waals surface area contributed by atoms with E-state index < -0.39 is 11.8 Å².